The molecule has 10 N–H and O–H groups in total. The molecule has 2 aromatic rings. The first-order valence-corrected chi connectivity index (χ1v) is 28.1. The molecule has 69 heavy (non-hydrogen) atoms. The molecular weight excluding hydrogens is 987 g/mol. The van der Waals surface area contributed by atoms with Gasteiger partial charge in [-0.15, -0.1) is 0 Å². The minimum absolute atomic E-state index is 0.0159. The summed E-state index contributed by atoms with van der Waals surface area (Å²) in [6, 6.07) is 0. The fourth-order valence-electron chi connectivity index (χ4n) is 6.55. The van der Waals surface area contributed by atoms with Gasteiger partial charge < -0.3 is 50.9 Å². The molecule has 1 aliphatic rings. The predicted molar refractivity (Wildman–Crippen MR) is 256 cm³/mol. The number of amides is 2. The van der Waals surface area contributed by atoms with Crippen molar-refractivity contribution in [2.45, 2.75) is 135 Å². The lowest BCUT2D eigenvalue weighted by molar-refractivity contribution is -0.137. The van der Waals surface area contributed by atoms with Gasteiger partial charge in [-0.25, -0.2) is 28.6 Å². The number of nitrogens with zero attached hydrogens (tertiary/aromatic N) is 4. The monoisotopic (exact) mass is 1060 g/mol. The zero-order valence-electron chi connectivity index (χ0n) is 39.0. The highest BCUT2D eigenvalue weighted by Gasteiger charge is 2.50. The number of anilines is 1. The number of carbonyl (C=O) groups excluding carboxylic acids is 3. The van der Waals surface area contributed by atoms with Crippen molar-refractivity contribution in [3.63, 3.8) is 0 Å². The SMILES string of the molecule is CCCCCCCC/C=C\C/C=C\C/C=C\CCCC(=O)SCCNC(=O)CCNC(=O)[C@H](O)C(C)(C)COP(=O)(O)OP(=O)(O)OC[C@H]1O[C@@H](n2cnc3c(N)ncnc32)C(O)C1OP(=O)(O)O. The Morgan fingerprint density at radius 3 is 2.20 bits per heavy atom. The van der Waals surface area contributed by atoms with Crippen molar-refractivity contribution in [3.8, 4) is 0 Å². The molecule has 0 saturated carbocycles. The number of carbonyl (C=O) groups is 3. The van der Waals surface area contributed by atoms with E-state index in [1.165, 1.54) is 52.4 Å². The standard InChI is InChI=1S/C41H68N7O17P3S/c1-4-5-6-7-8-9-10-11-12-13-14-15-16-17-18-19-20-21-32(50)69-25-24-43-31(49)22-23-44-39(53)36(52)41(2,3)27-62-68(59,60)65-67(57,58)61-26-30-35(64-66(54,55)56)34(51)40(63-30)48-29-47-33-37(42)45-28-46-38(33)48/h11-12,14-15,17-18,28-30,34-36,40,51-52H,4-10,13,16,19-27H2,1-3H3,(H,43,49)(H,44,53)(H,57,58)(H,59,60)(H2,42,45,46)(H2,54,55,56)/b12-11-,15-14-,18-17-/t30-,34?,35?,36+,40-/m1/s1. The van der Waals surface area contributed by atoms with Crippen molar-refractivity contribution in [2.24, 2.45) is 5.41 Å². The normalized spacial score (nSPS) is 20.2. The lowest BCUT2D eigenvalue weighted by atomic mass is 9.87. The molecule has 0 spiro atoms. The Labute approximate surface area is 405 Å². The van der Waals surface area contributed by atoms with E-state index >= 15 is 0 Å². The number of allylic oxidation sites excluding steroid dienone is 6. The van der Waals surface area contributed by atoms with Crippen LogP contribution >= 0.6 is 35.2 Å². The van der Waals surface area contributed by atoms with Crippen LogP contribution in [0.3, 0.4) is 0 Å². The number of ether oxygens (including phenoxy) is 1. The van der Waals surface area contributed by atoms with Crippen molar-refractivity contribution in [1.29, 1.82) is 0 Å². The topological polar surface area (TPSA) is 364 Å². The third-order valence-electron chi connectivity index (χ3n) is 10.3. The third-order valence-corrected chi connectivity index (χ3v) is 14.3. The maximum atomic E-state index is 12.7. The molecule has 24 nitrogen and oxygen atoms in total. The lowest BCUT2D eigenvalue weighted by Crippen LogP contribution is -2.46. The second kappa shape index (κ2) is 30.0. The first-order chi connectivity index (χ1) is 32.6. The summed E-state index contributed by atoms with van der Waals surface area (Å²) in [4.78, 5) is 88.4. The van der Waals surface area contributed by atoms with Gasteiger partial charge >= 0.3 is 23.5 Å². The fourth-order valence-corrected chi connectivity index (χ4v) is 10.1. The first kappa shape index (κ1) is 60.1. The number of aromatic nitrogens is 4. The van der Waals surface area contributed by atoms with Gasteiger partial charge in [0.15, 0.2) is 22.8 Å². The largest absolute Gasteiger partial charge is 0.481 e. The van der Waals surface area contributed by atoms with Crippen LogP contribution in [-0.2, 0) is 50.7 Å². The Morgan fingerprint density at radius 1 is 0.884 bits per heavy atom. The first-order valence-electron chi connectivity index (χ1n) is 22.6. The van der Waals surface area contributed by atoms with Crippen molar-refractivity contribution in [2.75, 3.05) is 37.8 Å². The summed E-state index contributed by atoms with van der Waals surface area (Å²) in [5.41, 5.74) is 4.28. The van der Waals surface area contributed by atoms with E-state index in [1.54, 1.807) is 0 Å². The molecule has 28 heteroatoms. The highest BCUT2D eigenvalue weighted by atomic mass is 32.2. The Hall–Kier alpha value is -3.22. The van der Waals surface area contributed by atoms with E-state index in [0.717, 1.165) is 61.1 Å². The number of hydrogen-bond acceptors (Lipinski definition) is 18. The zero-order chi connectivity index (χ0) is 51.1. The minimum Gasteiger partial charge on any atom is -0.386 e. The second-order valence-electron chi connectivity index (χ2n) is 16.6. The average Bonchev–Trinajstić information content (AvgIpc) is 3.84. The van der Waals surface area contributed by atoms with Gasteiger partial charge in [-0.1, -0.05) is 101 Å². The van der Waals surface area contributed by atoms with Gasteiger partial charge in [0.1, 0.15) is 36.3 Å². The predicted octanol–water partition coefficient (Wildman–Crippen LogP) is 5.03. The van der Waals surface area contributed by atoms with Gasteiger partial charge in [0.05, 0.1) is 19.5 Å². The number of phosphoric acid groups is 3. The summed E-state index contributed by atoms with van der Waals surface area (Å²) in [6.45, 7) is 2.75. The number of hydrogen-bond donors (Lipinski definition) is 9. The number of nitrogen functional groups attached to an aromatic ring is 1. The summed E-state index contributed by atoms with van der Waals surface area (Å²) >= 11 is 1.12. The van der Waals surface area contributed by atoms with Crippen molar-refractivity contribution < 1.29 is 80.5 Å². The van der Waals surface area contributed by atoms with Gasteiger partial charge in [-0.2, -0.15) is 4.31 Å². The molecule has 2 aromatic heterocycles. The molecular formula is C41H68N7O17P3S. The molecule has 0 aromatic carbocycles. The van der Waals surface area contributed by atoms with E-state index < -0.39 is 84.6 Å². The molecule has 4 unspecified atom stereocenters. The number of phosphoric ester groups is 3. The number of aliphatic hydroxyl groups excluding tert-OH is 2. The molecule has 3 heterocycles. The van der Waals surface area contributed by atoms with Crippen LogP contribution in [0, 0.1) is 5.41 Å². The van der Waals surface area contributed by atoms with E-state index in [4.69, 9.17) is 19.5 Å². The Morgan fingerprint density at radius 2 is 1.52 bits per heavy atom. The van der Waals surface area contributed by atoms with Crippen LogP contribution in [0.2, 0.25) is 0 Å². The van der Waals surface area contributed by atoms with Crippen LogP contribution in [0.1, 0.15) is 110 Å². The van der Waals surface area contributed by atoms with Gasteiger partial charge in [0.2, 0.25) is 11.8 Å². The zero-order valence-corrected chi connectivity index (χ0v) is 42.5. The number of fused-ring (bicyclic) bond motifs is 1. The van der Waals surface area contributed by atoms with Gasteiger partial charge in [0, 0.05) is 37.1 Å². The molecule has 1 fully saturated rings. The van der Waals surface area contributed by atoms with Crippen molar-refractivity contribution in [1.82, 2.24) is 30.2 Å². The maximum absolute atomic E-state index is 12.7. The van der Waals surface area contributed by atoms with Gasteiger partial charge in [-0.3, -0.25) is 32.5 Å². The lowest BCUT2D eigenvalue weighted by Gasteiger charge is -2.30. The number of unbranched alkanes of at least 4 members (excludes halogenated alkanes) is 7. The summed E-state index contributed by atoms with van der Waals surface area (Å²) < 4.78 is 62.4. The highest BCUT2D eigenvalue weighted by molar-refractivity contribution is 8.13. The summed E-state index contributed by atoms with van der Waals surface area (Å²) in [5, 5.41) is 26.6. The molecule has 0 aliphatic carbocycles. The maximum Gasteiger partial charge on any atom is 0.481 e. The summed E-state index contributed by atoms with van der Waals surface area (Å²) in [6.07, 6.45) is 18.6. The minimum atomic E-state index is -5.58. The van der Waals surface area contributed by atoms with Crippen LogP contribution in [0.4, 0.5) is 5.82 Å². The van der Waals surface area contributed by atoms with E-state index in [1.807, 2.05) is 0 Å². The van der Waals surface area contributed by atoms with E-state index in [-0.39, 0.29) is 41.6 Å². The Balaban J connectivity index is 1.30. The molecule has 390 valence electrons. The van der Waals surface area contributed by atoms with Crippen LogP contribution in [0.5, 0.6) is 0 Å². The highest BCUT2D eigenvalue weighted by Crippen LogP contribution is 2.61. The summed E-state index contributed by atoms with van der Waals surface area (Å²) in [5.74, 6) is -1.08. The van der Waals surface area contributed by atoms with Crippen LogP contribution in [0.15, 0.2) is 49.1 Å². The Bertz CT molecular complexity index is 2170. The van der Waals surface area contributed by atoms with Gasteiger partial charge in [0.25, 0.3) is 0 Å². The van der Waals surface area contributed by atoms with Crippen LogP contribution < -0.4 is 16.4 Å². The number of thioether (sulfide) groups is 1. The molecule has 0 radical (unpaired) electrons. The molecule has 1 aliphatic heterocycles. The van der Waals surface area contributed by atoms with Crippen molar-refractivity contribution in [3.05, 3.63) is 49.1 Å². The van der Waals surface area contributed by atoms with E-state index in [0.29, 0.717) is 12.2 Å². The molecule has 0 bridgehead atoms. The second-order valence-corrected chi connectivity index (χ2v) is 22.0. The number of rotatable bonds is 34. The number of nitrogens with one attached hydrogen (secondary N) is 2. The number of imidazole rings is 1. The third kappa shape index (κ3) is 22.8. The molecule has 1 saturated heterocycles. The Kier molecular flexibility index (Phi) is 26.1. The quantitative estimate of drug-likeness (QED) is 0.0252. The van der Waals surface area contributed by atoms with Crippen LogP contribution in [-0.4, -0.2) is 123 Å². The molecule has 2 amide bonds. The summed E-state index contributed by atoms with van der Waals surface area (Å²) in [7, 11) is -16.4. The number of aliphatic hydroxyl groups is 2. The molecule has 7 atom stereocenters. The van der Waals surface area contributed by atoms with E-state index in [2.05, 4.69) is 77.8 Å². The molecule has 3 rings (SSSR count). The fraction of sp³-hybridized carbons (Fsp3) is 0.659. The van der Waals surface area contributed by atoms with E-state index in [9.17, 15) is 57.9 Å². The smallest absolute Gasteiger partial charge is 0.386 e. The van der Waals surface area contributed by atoms with Crippen molar-refractivity contribution >= 4 is 69.1 Å². The van der Waals surface area contributed by atoms with Crippen LogP contribution in [0.25, 0.3) is 11.2 Å². The average molecular weight is 1060 g/mol. The van der Waals surface area contributed by atoms with Gasteiger partial charge in [-0.05, 0) is 38.5 Å². The number of nitrogens with two attached hydrogens (primary N) is 1.